The van der Waals surface area contributed by atoms with Crippen LogP contribution in [0.2, 0.25) is 0 Å². The van der Waals surface area contributed by atoms with Crippen LogP contribution in [-0.4, -0.2) is 40.6 Å². The van der Waals surface area contributed by atoms with Gasteiger partial charge in [0.25, 0.3) is 0 Å². The third-order valence-corrected chi connectivity index (χ3v) is 4.95. The van der Waals surface area contributed by atoms with Gasteiger partial charge in [0.1, 0.15) is 0 Å². The fourth-order valence-corrected chi connectivity index (χ4v) is 3.37. The van der Waals surface area contributed by atoms with Crippen LogP contribution in [0.5, 0.6) is 0 Å². The number of likely N-dealkylation sites (tertiary alicyclic amines) is 1. The SMILES string of the molecule is Cc1nc(CCN2CCC(C)CC2)sc1/C=C/C(=O)O. The van der Waals surface area contributed by atoms with Crippen molar-refractivity contribution in [3.63, 3.8) is 0 Å². The van der Waals surface area contributed by atoms with Crippen molar-refractivity contribution in [1.82, 2.24) is 9.88 Å². The Morgan fingerprint density at radius 3 is 2.85 bits per heavy atom. The van der Waals surface area contributed by atoms with Crippen LogP contribution in [0.25, 0.3) is 6.08 Å². The Balaban J connectivity index is 1.87. The van der Waals surface area contributed by atoms with Crippen molar-refractivity contribution in [2.45, 2.75) is 33.1 Å². The largest absolute Gasteiger partial charge is 0.478 e. The molecule has 5 heteroatoms. The first-order chi connectivity index (χ1) is 9.54. The molecule has 1 aromatic heterocycles. The molecule has 0 amide bonds. The van der Waals surface area contributed by atoms with Crippen molar-refractivity contribution in [3.8, 4) is 0 Å². The number of piperidine rings is 1. The maximum atomic E-state index is 10.5. The molecule has 4 nitrogen and oxygen atoms in total. The van der Waals surface area contributed by atoms with Crippen molar-refractivity contribution >= 4 is 23.4 Å². The number of aliphatic carboxylic acids is 1. The van der Waals surface area contributed by atoms with Crippen molar-refractivity contribution in [2.24, 2.45) is 5.92 Å². The van der Waals surface area contributed by atoms with E-state index in [4.69, 9.17) is 5.11 Å². The van der Waals surface area contributed by atoms with Gasteiger partial charge in [-0.2, -0.15) is 0 Å². The quantitative estimate of drug-likeness (QED) is 0.848. The summed E-state index contributed by atoms with van der Waals surface area (Å²) in [5, 5.41) is 9.76. The molecule has 1 aliphatic heterocycles. The lowest BCUT2D eigenvalue weighted by Crippen LogP contribution is -2.34. The van der Waals surface area contributed by atoms with E-state index < -0.39 is 5.97 Å². The Morgan fingerprint density at radius 2 is 2.20 bits per heavy atom. The number of nitrogens with zero attached hydrogens (tertiary/aromatic N) is 2. The van der Waals surface area contributed by atoms with Crippen LogP contribution in [-0.2, 0) is 11.2 Å². The Morgan fingerprint density at radius 1 is 1.50 bits per heavy atom. The Hall–Kier alpha value is -1.20. The predicted molar refractivity (Wildman–Crippen MR) is 82.1 cm³/mol. The molecule has 110 valence electrons. The molecule has 1 aromatic rings. The molecule has 20 heavy (non-hydrogen) atoms. The van der Waals surface area contributed by atoms with Crippen molar-refractivity contribution in [2.75, 3.05) is 19.6 Å². The molecule has 1 fully saturated rings. The molecule has 0 atom stereocenters. The van der Waals surface area contributed by atoms with Crippen LogP contribution >= 0.6 is 11.3 Å². The molecule has 1 saturated heterocycles. The van der Waals surface area contributed by atoms with Gasteiger partial charge in [-0.15, -0.1) is 11.3 Å². The van der Waals surface area contributed by atoms with E-state index in [0.717, 1.165) is 34.5 Å². The molecule has 1 N–H and O–H groups in total. The van der Waals surface area contributed by atoms with E-state index in [1.54, 1.807) is 17.4 Å². The molecule has 0 aliphatic carbocycles. The first-order valence-electron chi connectivity index (χ1n) is 7.14. The Labute approximate surface area is 124 Å². The number of hydrogen-bond acceptors (Lipinski definition) is 4. The fourth-order valence-electron chi connectivity index (χ4n) is 2.41. The van der Waals surface area contributed by atoms with Crippen LogP contribution in [0.1, 0.15) is 35.3 Å². The summed E-state index contributed by atoms with van der Waals surface area (Å²) in [6, 6.07) is 0. The third kappa shape index (κ3) is 4.42. The molecule has 2 heterocycles. The molecule has 0 saturated carbocycles. The topological polar surface area (TPSA) is 53.4 Å². The van der Waals surface area contributed by atoms with Gasteiger partial charge in [-0.25, -0.2) is 9.78 Å². The number of carboxylic acid groups (broad SMARTS) is 1. The van der Waals surface area contributed by atoms with E-state index in [2.05, 4.69) is 16.8 Å². The number of hydrogen-bond donors (Lipinski definition) is 1. The Bertz CT molecular complexity index is 488. The maximum Gasteiger partial charge on any atom is 0.328 e. The smallest absolute Gasteiger partial charge is 0.328 e. The minimum Gasteiger partial charge on any atom is -0.478 e. The van der Waals surface area contributed by atoms with Gasteiger partial charge in [0.2, 0.25) is 0 Å². The van der Waals surface area contributed by atoms with Gasteiger partial charge in [-0.1, -0.05) is 6.92 Å². The lowest BCUT2D eigenvalue weighted by Gasteiger charge is -2.29. The van der Waals surface area contributed by atoms with E-state index in [9.17, 15) is 4.79 Å². The second-order valence-corrected chi connectivity index (χ2v) is 6.62. The van der Waals surface area contributed by atoms with E-state index in [0.29, 0.717) is 0 Å². The number of carboxylic acids is 1. The summed E-state index contributed by atoms with van der Waals surface area (Å²) >= 11 is 1.60. The second-order valence-electron chi connectivity index (χ2n) is 5.50. The first kappa shape index (κ1) is 15.2. The predicted octanol–water partition coefficient (Wildman–Crippen LogP) is 2.82. The highest BCUT2D eigenvalue weighted by atomic mass is 32.1. The average Bonchev–Trinajstić information content (AvgIpc) is 2.76. The van der Waals surface area contributed by atoms with Gasteiger partial charge >= 0.3 is 5.97 Å². The van der Waals surface area contributed by atoms with Gasteiger partial charge in [-0.3, -0.25) is 0 Å². The minimum absolute atomic E-state index is 0.862. The van der Waals surface area contributed by atoms with E-state index in [1.807, 2.05) is 6.92 Å². The molecule has 0 aromatic carbocycles. The summed E-state index contributed by atoms with van der Waals surface area (Å²) in [4.78, 5) is 18.5. The third-order valence-electron chi connectivity index (χ3n) is 3.77. The van der Waals surface area contributed by atoms with Crippen LogP contribution in [0.15, 0.2) is 6.08 Å². The summed E-state index contributed by atoms with van der Waals surface area (Å²) in [7, 11) is 0. The van der Waals surface area contributed by atoms with Crippen LogP contribution in [0.3, 0.4) is 0 Å². The van der Waals surface area contributed by atoms with Crippen LogP contribution < -0.4 is 0 Å². The summed E-state index contributed by atoms with van der Waals surface area (Å²) < 4.78 is 0. The van der Waals surface area contributed by atoms with E-state index in [1.165, 1.54) is 32.0 Å². The fraction of sp³-hybridized carbons (Fsp3) is 0.600. The molecule has 0 bridgehead atoms. The first-order valence-corrected chi connectivity index (χ1v) is 7.96. The molecule has 2 rings (SSSR count). The number of aromatic nitrogens is 1. The normalized spacial score (nSPS) is 17.9. The van der Waals surface area contributed by atoms with Gasteiger partial charge < -0.3 is 10.0 Å². The molecule has 1 aliphatic rings. The van der Waals surface area contributed by atoms with E-state index >= 15 is 0 Å². The molecule has 0 unspecified atom stereocenters. The van der Waals surface area contributed by atoms with Crippen molar-refractivity contribution < 1.29 is 9.90 Å². The van der Waals surface area contributed by atoms with Gasteiger partial charge in [-0.05, 0) is 44.8 Å². The summed E-state index contributed by atoms with van der Waals surface area (Å²) in [6.45, 7) is 7.70. The average molecular weight is 294 g/mol. The zero-order valence-electron chi connectivity index (χ0n) is 12.1. The molecule has 0 spiro atoms. The highest BCUT2D eigenvalue weighted by Crippen LogP contribution is 2.21. The minimum atomic E-state index is -0.915. The zero-order valence-corrected chi connectivity index (χ0v) is 12.9. The summed E-state index contributed by atoms with van der Waals surface area (Å²) in [6.07, 6.45) is 6.37. The highest BCUT2D eigenvalue weighted by Gasteiger charge is 2.16. The van der Waals surface area contributed by atoms with Crippen molar-refractivity contribution in [1.29, 1.82) is 0 Å². The second kappa shape index (κ2) is 6.99. The van der Waals surface area contributed by atoms with Crippen LogP contribution in [0, 0.1) is 12.8 Å². The molecule has 0 radical (unpaired) electrons. The monoisotopic (exact) mass is 294 g/mol. The van der Waals surface area contributed by atoms with Crippen molar-refractivity contribution in [3.05, 3.63) is 21.7 Å². The number of rotatable bonds is 5. The standard InChI is InChI=1S/C15H22N2O2S/c1-11-5-8-17(9-6-11)10-7-14-16-12(2)13(20-14)3-4-15(18)19/h3-4,11H,5-10H2,1-2H3,(H,18,19)/b4-3+. The van der Waals surface area contributed by atoms with E-state index in [-0.39, 0.29) is 0 Å². The molecular weight excluding hydrogens is 272 g/mol. The molecular formula is C15H22N2O2S. The number of thiazole rings is 1. The van der Waals surface area contributed by atoms with Gasteiger partial charge in [0.05, 0.1) is 15.6 Å². The number of carbonyl (C=O) groups is 1. The lowest BCUT2D eigenvalue weighted by molar-refractivity contribution is -0.131. The van der Waals surface area contributed by atoms with Gasteiger partial charge in [0, 0.05) is 19.0 Å². The summed E-state index contributed by atoms with van der Waals surface area (Å²) in [5.74, 6) is -0.0529. The van der Waals surface area contributed by atoms with Gasteiger partial charge in [0.15, 0.2) is 0 Å². The highest BCUT2D eigenvalue weighted by molar-refractivity contribution is 7.12. The van der Waals surface area contributed by atoms with Crippen LogP contribution in [0.4, 0.5) is 0 Å². The summed E-state index contributed by atoms with van der Waals surface area (Å²) in [5.41, 5.74) is 0.926. The zero-order chi connectivity index (χ0) is 14.5. The maximum absolute atomic E-state index is 10.5. The lowest BCUT2D eigenvalue weighted by atomic mass is 9.99. The Kier molecular flexibility index (Phi) is 5.31. The number of aryl methyl sites for hydroxylation is 1.